The fraction of sp³-hybridized carbons (Fsp3) is 0.875. The van der Waals surface area contributed by atoms with E-state index >= 15 is 0 Å². The van der Waals surface area contributed by atoms with Crippen LogP contribution in [0.15, 0.2) is 0 Å². The summed E-state index contributed by atoms with van der Waals surface area (Å²) in [4.78, 5) is 28.5. The summed E-state index contributed by atoms with van der Waals surface area (Å²) in [5.74, 6) is 0.0820. The van der Waals surface area contributed by atoms with Crippen LogP contribution in [0.5, 0.6) is 0 Å². The molecule has 1 unspecified atom stereocenters. The highest BCUT2D eigenvalue weighted by molar-refractivity contribution is 7.88. The van der Waals surface area contributed by atoms with Crippen molar-refractivity contribution in [3.8, 4) is 0 Å². The normalized spacial score (nSPS) is 22.2. The first-order chi connectivity index (χ1) is 11.1. The summed E-state index contributed by atoms with van der Waals surface area (Å²) in [6, 6.07) is -0.396. The fourth-order valence-electron chi connectivity index (χ4n) is 3.69. The van der Waals surface area contributed by atoms with Crippen molar-refractivity contribution in [2.45, 2.75) is 51.6 Å². The van der Waals surface area contributed by atoms with Gasteiger partial charge in [0, 0.05) is 39.1 Å². The van der Waals surface area contributed by atoms with Crippen LogP contribution < -0.4 is 0 Å². The smallest absolute Gasteiger partial charge is 0.245 e. The molecule has 0 bridgehead atoms. The molecule has 2 saturated heterocycles. The monoisotopic (exact) mass is 359 g/mol. The van der Waals surface area contributed by atoms with Crippen molar-refractivity contribution in [3.63, 3.8) is 0 Å². The Morgan fingerprint density at radius 2 is 1.79 bits per heavy atom. The summed E-state index contributed by atoms with van der Waals surface area (Å²) >= 11 is 0. The summed E-state index contributed by atoms with van der Waals surface area (Å²) in [7, 11) is -1.39. The van der Waals surface area contributed by atoms with Crippen molar-refractivity contribution < 1.29 is 18.0 Å². The summed E-state index contributed by atoms with van der Waals surface area (Å²) in [5, 5.41) is 0. The van der Waals surface area contributed by atoms with Gasteiger partial charge >= 0.3 is 0 Å². The average molecular weight is 359 g/mol. The molecule has 0 aliphatic carbocycles. The van der Waals surface area contributed by atoms with Crippen LogP contribution in [0, 0.1) is 5.92 Å². The second kappa shape index (κ2) is 7.39. The first-order valence-corrected chi connectivity index (χ1v) is 10.5. The maximum Gasteiger partial charge on any atom is 0.245 e. The van der Waals surface area contributed by atoms with Crippen molar-refractivity contribution in [1.82, 2.24) is 14.1 Å². The predicted molar refractivity (Wildman–Crippen MR) is 91.8 cm³/mol. The largest absolute Gasteiger partial charge is 0.341 e. The first kappa shape index (κ1) is 19.2. The number of rotatable bonds is 5. The minimum absolute atomic E-state index is 0.0226. The lowest BCUT2D eigenvalue weighted by atomic mass is 9.98. The quantitative estimate of drug-likeness (QED) is 0.717. The lowest BCUT2D eigenvalue weighted by Gasteiger charge is -2.39. The Morgan fingerprint density at radius 1 is 1.21 bits per heavy atom. The molecule has 0 spiro atoms. The molecule has 2 aliphatic rings. The van der Waals surface area contributed by atoms with Gasteiger partial charge in [-0.15, -0.1) is 0 Å². The molecule has 2 heterocycles. The van der Waals surface area contributed by atoms with E-state index in [2.05, 4.69) is 0 Å². The maximum atomic E-state index is 13.0. The molecule has 24 heavy (non-hydrogen) atoms. The standard InChI is InChI=1S/C16H29N3O4S/c1-12(2)15(19-9-5-6-14(19)20)16(21)17(3)13-7-10-18(11-8-13)24(4,22)23/h12-13,15H,5-11H2,1-4H3. The number of amides is 2. The Hall–Kier alpha value is -1.15. The Balaban J connectivity index is 2.04. The zero-order valence-electron chi connectivity index (χ0n) is 15.1. The van der Waals surface area contributed by atoms with E-state index < -0.39 is 16.1 Å². The third kappa shape index (κ3) is 4.08. The Bertz CT molecular complexity index is 582. The SMILES string of the molecule is CC(C)C(C(=O)N(C)C1CCN(S(C)(=O)=O)CC1)N1CCCC1=O. The van der Waals surface area contributed by atoms with E-state index in [9.17, 15) is 18.0 Å². The molecule has 2 amide bonds. The van der Waals surface area contributed by atoms with Crippen LogP contribution in [0.25, 0.3) is 0 Å². The molecule has 0 aromatic rings. The van der Waals surface area contributed by atoms with Gasteiger partial charge in [0.2, 0.25) is 21.8 Å². The van der Waals surface area contributed by atoms with Crippen molar-refractivity contribution in [2.75, 3.05) is 32.9 Å². The minimum Gasteiger partial charge on any atom is -0.341 e. The molecule has 0 aromatic carbocycles. The number of carbonyl (C=O) groups is 2. The topological polar surface area (TPSA) is 78.0 Å². The lowest BCUT2D eigenvalue weighted by Crippen LogP contribution is -2.55. The van der Waals surface area contributed by atoms with E-state index in [4.69, 9.17) is 0 Å². The van der Waals surface area contributed by atoms with Crippen LogP contribution in [0.1, 0.15) is 39.5 Å². The molecule has 2 aliphatic heterocycles. The number of nitrogens with zero attached hydrogens (tertiary/aromatic N) is 3. The zero-order chi connectivity index (χ0) is 18.1. The minimum atomic E-state index is -3.17. The van der Waals surface area contributed by atoms with Gasteiger partial charge in [0.05, 0.1) is 6.26 Å². The lowest BCUT2D eigenvalue weighted by molar-refractivity contribution is -0.146. The third-order valence-electron chi connectivity index (χ3n) is 5.12. The highest BCUT2D eigenvalue weighted by atomic mass is 32.2. The Morgan fingerprint density at radius 3 is 2.21 bits per heavy atom. The average Bonchev–Trinajstić information content (AvgIpc) is 2.91. The molecule has 1 atom stereocenters. The van der Waals surface area contributed by atoms with E-state index in [0.29, 0.717) is 38.9 Å². The second-order valence-electron chi connectivity index (χ2n) is 7.22. The molecule has 138 valence electrons. The summed E-state index contributed by atoms with van der Waals surface area (Å²) in [6.07, 6.45) is 3.82. The highest BCUT2D eigenvalue weighted by Crippen LogP contribution is 2.24. The van der Waals surface area contributed by atoms with Gasteiger partial charge in [-0.25, -0.2) is 12.7 Å². The van der Waals surface area contributed by atoms with Crippen LogP contribution in [0.3, 0.4) is 0 Å². The molecule has 0 aromatic heterocycles. The summed E-state index contributed by atoms with van der Waals surface area (Å²) in [6.45, 7) is 5.46. The van der Waals surface area contributed by atoms with Gasteiger partial charge in [0.1, 0.15) is 6.04 Å². The second-order valence-corrected chi connectivity index (χ2v) is 9.20. The number of sulfonamides is 1. The summed E-state index contributed by atoms with van der Waals surface area (Å²) < 4.78 is 24.7. The predicted octanol–water partition coefficient (Wildman–Crippen LogP) is 0.516. The highest BCUT2D eigenvalue weighted by Gasteiger charge is 2.38. The molecule has 0 N–H and O–H groups in total. The van der Waals surface area contributed by atoms with Gasteiger partial charge in [-0.05, 0) is 25.2 Å². The van der Waals surface area contributed by atoms with Crippen molar-refractivity contribution in [2.24, 2.45) is 5.92 Å². The van der Waals surface area contributed by atoms with Crippen LogP contribution >= 0.6 is 0 Å². The molecule has 0 radical (unpaired) electrons. The number of carbonyl (C=O) groups excluding carboxylic acids is 2. The molecular weight excluding hydrogens is 330 g/mol. The maximum absolute atomic E-state index is 13.0. The Labute approximate surface area is 145 Å². The number of hydrogen-bond donors (Lipinski definition) is 0. The van der Waals surface area contributed by atoms with Crippen LogP contribution in [-0.2, 0) is 19.6 Å². The van der Waals surface area contributed by atoms with Gasteiger partial charge in [-0.2, -0.15) is 0 Å². The van der Waals surface area contributed by atoms with Gasteiger partial charge in [-0.3, -0.25) is 9.59 Å². The van der Waals surface area contributed by atoms with E-state index in [0.717, 1.165) is 6.42 Å². The number of hydrogen-bond acceptors (Lipinski definition) is 4. The van der Waals surface area contributed by atoms with E-state index in [-0.39, 0.29) is 23.8 Å². The van der Waals surface area contributed by atoms with Gasteiger partial charge in [0.25, 0.3) is 0 Å². The van der Waals surface area contributed by atoms with Crippen molar-refractivity contribution >= 4 is 21.8 Å². The number of likely N-dealkylation sites (tertiary alicyclic amines) is 1. The third-order valence-corrected chi connectivity index (χ3v) is 6.42. The fourth-order valence-corrected chi connectivity index (χ4v) is 4.57. The molecule has 2 rings (SSSR count). The van der Waals surface area contributed by atoms with E-state index in [1.54, 1.807) is 16.8 Å². The van der Waals surface area contributed by atoms with Crippen LogP contribution in [0.4, 0.5) is 0 Å². The van der Waals surface area contributed by atoms with Crippen molar-refractivity contribution in [1.29, 1.82) is 0 Å². The van der Waals surface area contributed by atoms with Gasteiger partial charge < -0.3 is 9.80 Å². The molecule has 7 nitrogen and oxygen atoms in total. The van der Waals surface area contributed by atoms with E-state index in [1.807, 2.05) is 13.8 Å². The van der Waals surface area contributed by atoms with Crippen molar-refractivity contribution in [3.05, 3.63) is 0 Å². The number of piperidine rings is 1. The van der Waals surface area contributed by atoms with Gasteiger partial charge in [-0.1, -0.05) is 13.8 Å². The molecular formula is C16H29N3O4S. The zero-order valence-corrected chi connectivity index (χ0v) is 15.9. The molecule has 0 saturated carbocycles. The molecule has 2 fully saturated rings. The Kier molecular flexibility index (Phi) is 5.91. The number of likely N-dealkylation sites (N-methyl/N-ethyl adjacent to an activating group) is 1. The summed E-state index contributed by atoms with van der Waals surface area (Å²) in [5.41, 5.74) is 0. The van der Waals surface area contributed by atoms with Crippen LogP contribution in [-0.4, -0.2) is 79.4 Å². The van der Waals surface area contributed by atoms with Gasteiger partial charge in [0.15, 0.2) is 0 Å². The molecule has 8 heteroatoms. The van der Waals surface area contributed by atoms with Crippen LogP contribution in [0.2, 0.25) is 0 Å². The van der Waals surface area contributed by atoms with E-state index in [1.165, 1.54) is 10.6 Å². The first-order valence-electron chi connectivity index (χ1n) is 8.64.